The first-order valence-corrected chi connectivity index (χ1v) is 10.1. The summed E-state index contributed by atoms with van der Waals surface area (Å²) in [5.74, 6) is -3.17. The molecule has 0 saturated heterocycles. The van der Waals surface area contributed by atoms with Crippen LogP contribution in [0.25, 0.3) is 0 Å². The number of rotatable bonds is 8. The van der Waals surface area contributed by atoms with Gasteiger partial charge in [-0.25, -0.2) is 9.59 Å². The van der Waals surface area contributed by atoms with E-state index in [1.807, 2.05) is 54.6 Å². The van der Waals surface area contributed by atoms with Gasteiger partial charge in [-0.1, -0.05) is 54.6 Å². The predicted molar refractivity (Wildman–Crippen MR) is 113 cm³/mol. The number of fused-ring (bicyclic) bond motifs is 1. The Balaban J connectivity index is 1.76. The van der Waals surface area contributed by atoms with E-state index in [2.05, 4.69) is 5.32 Å². The number of hydrogen-bond acceptors (Lipinski definition) is 5. The largest absolute Gasteiger partial charge is 0.481 e. The molecule has 32 heavy (non-hydrogen) atoms. The summed E-state index contributed by atoms with van der Waals surface area (Å²) in [6.07, 6.45) is -1.18. The Morgan fingerprint density at radius 3 is 2.31 bits per heavy atom. The molecule has 0 spiro atoms. The van der Waals surface area contributed by atoms with E-state index in [1.165, 1.54) is 4.90 Å². The first kappa shape index (κ1) is 22.8. The van der Waals surface area contributed by atoms with Crippen molar-refractivity contribution in [2.75, 3.05) is 0 Å². The molecule has 0 unspecified atom stereocenters. The topological polar surface area (TPSA) is 133 Å². The third-order valence-corrected chi connectivity index (χ3v) is 5.25. The van der Waals surface area contributed by atoms with Crippen molar-refractivity contribution < 1.29 is 34.1 Å². The zero-order valence-corrected chi connectivity index (χ0v) is 17.3. The Labute approximate surface area is 184 Å². The normalized spacial score (nSPS) is 15.9. The molecule has 0 saturated carbocycles. The standard InChI is InChI=1S/C23H24N2O7/c26-20(27)11-10-18(22(29)30)24-21(28)19-12-16-8-4-5-9-17(16)13-25(19)23(31)32-14-15-6-2-1-3-7-15/h1-9,18-19H,10-14H2,(H,24,28)(H,26,27)(H,29,30)/t18-,19+/m1/s1. The molecule has 0 aromatic heterocycles. The maximum atomic E-state index is 13.0. The van der Waals surface area contributed by atoms with E-state index >= 15 is 0 Å². The summed E-state index contributed by atoms with van der Waals surface area (Å²) in [5.41, 5.74) is 2.53. The molecule has 3 rings (SSSR count). The van der Waals surface area contributed by atoms with Crippen molar-refractivity contribution >= 4 is 23.9 Å². The summed E-state index contributed by atoms with van der Waals surface area (Å²) >= 11 is 0. The summed E-state index contributed by atoms with van der Waals surface area (Å²) in [6.45, 7) is 0.164. The number of ether oxygens (including phenoxy) is 1. The zero-order valence-electron chi connectivity index (χ0n) is 17.3. The first-order chi connectivity index (χ1) is 15.3. The van der Waals surface area contributed by atoms with Crippen molar-refractivity contribution in [3.63, 3.8) is 0 Å². The van der Waals surface area contributed by atoms with Gasteiger partial charge in [-0.2, -0.15) is 0 Å². The number of benzene rings is 2. The van der Waals surface area contributed by atoms with Gasteiger partial charge in [0, 0.05) is 12.8 Å². The fraction of sp³-hybridized carbons (Fsp3) is 0.304. The summed E-state index contributed by atoms with van der Waals surface area (Å²) in [5, 5.41) is 20.6. The van der Waals surface area contributed by atoms with Gasteiger partial charge >= 0.3 is 18.0 Å². The van der Waals surface area contributed by atoms with Crippen LogP contribution in [0.4, 0.5) is 4.79 Å². The van der Waals surface area contributed by atoms with Crippen LogP contribution >= 0.6 is 0 Å². The highest BCUT2D eigenvalue weighted by atomic mass is 16.6. The molecule has 2 atom stereocenters. The number of hydrogen-bond donors (Lipinski definition) is 3. The fourth-order valence-corrected chi connectivity index (χ4v) is 3.54. The highest BCUT2D eigenvalue weighted by Crippen LogP contribution is 2.24. The number of aliphatic carboxylic acids is 2. The summed E-state index contributed by atoms with van der Waals surface area (Å²) in [7, 11) is 0. The van der Waals surface area contributed by atoms with Crippen LogP contribution < -0.4 is 5.32 Å². The minimum Gasteiger partial charge on any atom is -0.481 e. The second-order valence-electron chi connectivity index (χ2n) is 7.49. The quantitative estimate of drug-likeness (QED) is 0.573. The molecular weight excluding hydrogens is 416 g/mol. The summed E-state index contributed by atoms with van der Waals surface area (Å²) < 4.78 is 5.41. The number of carbonyl (C=O) groups excluding carboxylic acids is 2. The van der Waals surface area contributed by atoms with Crippen molar-refractivity contribution in [3.05, 3.63) is 71.3 Å². The first-order valence-electron chi connectivity index (χ1n) is 10.1. The van der Waals surface area contributed by atoms with E-state index in [0.717, 1.165) is 16.7 Å². The monoisotopic (exact) mass is 440 g/mol. The summed E-state index contributed by atoms with van der Waals surface area (Å²) in [4.78, 5) is 49.4. The molecule has 3 N–H and O–H groups in total. The van der Waals surface area contributed by atoms with Gasteiger partial charge in [0.15, 0.2) is 0 Å². The Morgan fingerprint density at radius 1 is 1.00 bits per heavy atom. The third kappa shape index (κ3) is 5.84. The van der Waals surface area contributed by atoms with Crippen molar-refractivity contribution in [1.29, 1.82) is 0 Å². The highest BCUT2D eigenvalue weighted by Gasteiger charge is 2.37. The van der Waals surface area contributed by atoms with Crippen molar-refractivity contribution in [2.45, 2.75) is 44.5 Å². The SMILES string of the molecule is O=C(O)CC[C@@H](NC(=O)[C@@H]1Cc2ccccc2CN1C(=O)OCc1ccccc1)C(=O)O. The fourth-order valence-electron chi connectivity index (χ4n) is 3.54. The zero-order chi connectivity index (χ0) is 23.1. The molecule has 0 aliphatic carbocycles. The number of nitrogens with zero attached hydrogens (tertiary/aromatic N) is 1. The van der Waals surface area contributed by atoms with Crippen molar-refractivity contribution in [2.24, 2.45) is 0 Å². The van der Waals surface area contributed by atoms with Crippen LogP contribution in [0, 0.1) is 0 Å². The maximum Gasteiger partial charge on any atom is 0.411 e. The van der Waals surface area contributed by atoms with E-state index in [-0.39, 0.29) is 26.0 Å². The molecule has 0 fully saturated rings. The molecule has 9 nitrogen and oxygen atoms in total. The predicted octanol–water partition coefficient (Wildman–Crippen LogP) is 2.18. The lowest BCUT2D eigenvalue weighted by atomic mass is 9.93. The lowest BCUT2D eigenvalue weighted by Gasteiger charge is -2.35. The van der Waals surface area contributed by atoms with Crippen molar-refractivity contribution in [3.8, 4) is 0 Å². The van der Waals surface area contributed by atoms with Gasteiger partial charge in [0.05, 0.1) is 6.54 Å². The lowest BCUT2D eigenvalue weighted by molar-refractivity contribution is -0.143. The second kappa shape index (κ2) is 10.4. The van der Waals surface area contributed by atoms with Gasteiger partial charge in [-0.3, -0.25) is 14.5 Å². The van der Waals surface area contributed by atoms with Crippen LogP contribution in [-0.2, 0) is 38.7 Å². The molecule has 1 aliphatic rings. The average molecular weight is 440 g/mol. The van der Waals surface area contributed by atoms with E-state index in [9.17, 15) is 24.3 Å². The van der Waals surface area contributed by atoms with E-state index < -0.39 is 42.4 Å². The van der Waals surface area contributed by atoms with Crippen LogP contribution in [0.2, 0.25) is 0 Å². The van der Waals surface area contributed by atoms with Crippen LogP contribution in [0.3, 0.4) is 0 Å². The van der Waals surface area contributed by atoms with Gasteiger partial charge < -0.3 is 20.3 Å². The van der Waals surface area contributed by atoms with E-state index in [1.54, 1.807) is 0 Å². The Kier molecular flexibility index (Phi) is 7.43. The molecule has 2 amide bonds. The van der Waals surface area contributed by atoms with Gasteiger partial charge in [0.2, 0.25) is 5.91 Å². The molecule has 9 heteroatoms. The minimum atomic E-state index is -1.38. The average Bonchev–Trinajstić information content (AvgIpc) is 2.79. The summed E-state index contributed by atoms with van der Waals surface area (Å²) in [6, 6.07) is 14.1. The molecule has 0 radical (unpaired) electrons. The molecular formula is C23H24N2O7. The maximum absolute atomic E-state index is 13.0. The van der Waals surface area contributed by atoms with Gasteiger partial charge in [0.1, 0.15) is 18.7 Å². The molecule has 1 aliphatic heterocycles. The van der Waals surface area contributed by atoms with Crippen LogP contribution in [0.1, 0.15) is 29.5 Å². The van der Waals surface area contributed by atoms with Crippen LogP contribution in [0.15, 0.2) is 54.6 Å². The Hall–Kier alpha value is -3.88. The minimum absolute atomic E-state index is 0.0303. The van der Waals surface area contributed by atoms with Gasteiger partial charge in [0.25, 0.3) is 0 Å². The van der Waals surface area contributed by atoms with Crippen molar-refractivity contribution in [1.82, 2.24) is 10.2 Å². The number of nitrogens with one attached hydrogen (secondary N) is 1. The smallest absolute Gasteiger partial charge is 0.411 e. The highest BCUT2D eigenvalue weighted by molar-refractivity contribution is 5.90. The van der Waals surface area contributed by atoms with Gasteiger partial charge in [-0.15, -0.1) is 0 Å². The Morgan fingerprint density at radius 2 is 1.66 bits per heavy atom. The number of carboxylic acids is 2. The van der Waals surface area contributed by atoms with Crippen LogP contribution in [-0.4, -0.2) is 51.1 Å². The number of carboxylic acid groups (broad SMARTS) is 2. The number of amides is 2. The lowest BCUT2D eigenvalue weighted by Crippen LogP contribution is -2.55. The molecule has 2 aromatic carbocycles. The second-order valence-corrected chi connectivity index (χ2v) is 7.49. The van der Waals surface area contributed by atoms with E-state index in [0.29, 0.717) is 0 Å². The number of carbonyl (C=O) groups is 4. The molecule has 1 heterocycles. The van der Waals surface area contributed by atoms with Crippen LogP contribution in [0.5, 0.6) is 0 Å². The molecule has 0 bridgehead atoms. The third-order valence-electron chi connectivity index (χ3n) is 5.25. The van der Waals surface area contributed by atoms with E-state index in [4.69, 9.17) is 9.84 Å². The van der Waals surface area contributed by atoms with Gasteiger partial charge in [-0.05, 0) is 23.1 Å². The Bertz CT molecular complexity index is 993. The molecule has 2 aromatic rings. The molecule has 168 valence electrons.